The Balaban J connectivity index is 0.00000256. The lowest BCUT2D eigenvalue weighted by molar-refractivity contribution is -0.141. The number of aromatic hydroxyl groups is 2. The van der Waals surface area contributed by atoms with Crippen LogP contribution in [0.1, 0.15) is 5.56 Å². The molecule has 1 rings (SSSR count). The van der Waals surface area contributed by atoms with Crippen molar-refractivity contribution in [2.75, 3.05) is 6.54 Å². The zero-order valence-corrected chi connectivity index (χ0v) is 9.05. The van der Waals surface area contributed by atoms with Crippen LogP contribution in [0, 0.1) is 5.92 Å². The van der Waals surface area contributed by atoms with Crippen LogP contribution in [-0.4, -0.2) is 33.3 Å². The van der Waals surface area contributed by atoms with Gasteiger partial charge in [0.15, 0.2) is 11.5 Å². The van der Waals surface area contributed by atoms with Crippen molar-refractivity contribution >= 4 is 5.97 Å². The summed E-state index contributed by atoms with van der Waals surface area (Å²) in [6.45, 7) is 0.136. The molecule has 1 aromatic rings. The van der Waals surface area contributed by atoms with Crippen molar-refractivity contribution in [1.29, 1.82) is 0 Å². The maximum Gasteiger partial charge on any atom is 0.308 e. The molecule has 7 nitrogen and oxygen atoms in total. The lowest BCUT2D eigenvalue weighted by atomic mass is 9.99. The van der Waals surface area contributed by atoms with Crippen LogP contribution in [0.25, 0.3) is 0 Å². The molecule has 0 aliphatic rings. The molecule has 0 saturated heterocycles. The van der Waals surface area contributed by atoms with E-state index < -0.39 is 11.9 Å². The van der Waals surface area contributed by atoms with Gasteiger partial charge in [-0.3, -0.25) is 16.1 Å². The fraction of sp³-hybridized carbons (Fsp3) is 0.300. The van der Waals surface area contributed by atoms with E-state index in [1.165, 1.54) is 12.1 Å². The summed E-state index contributed by atoms with van der Waals surface area (Å²) < 4.78 is 0. The van der Waals surface area contributed by atoms with Crippen molar-refractivity contribution in [1.82, 2.24) is 5.43 Å². The van der Waals surface area contributed by atoms with Gasteiger partial charge < -0.3 is 20.8 Å². The summed E-state index contributed by atoms with van der Waals surface area (Å²) in [7, 11) is 0. The minimum atomic E-state index is -0.967. The number of hydrazine groups is 1. The number of carboxylic acids is 1. The summed E-state index contributed by atoms with van der Waals surface area (Å²) in [5.41, 5.74) is 2.93. The number of aliphatic carboxylic acids is 1. The zero-order valence-electron chi connectivity index (χ0n) is 9.05. The lowest BCUT2D eigenvalue weighted by Crippen LogP contribution is -2.34. The first-order chi connectivity index (χ1) is 7.54. The quantitative estimate of drug-likeness (QED) is 0.254. The molecule has 0 saturated carbocycles. The first-order valence-electron chi connectivity index (χ1n) is 4.71. The van der Waals surface area contributed by atoms with Gasteiger partial charge in [-0.25, -0.2) is 0 Å². The van der Waals surface area contributed by atoms with Crippen LogP contribution in [0.15, 0.2) is 18.2 Å². The highest BCUT2D eigenvalue weighted by molar-refractivity contribution is 5.70. The lowest BCUT2D eigenvalue weighted by Gasteiger charge is -2.11. The van der Waals surface area contributed by atoms with Gasteiger partial charge in [0.05, 0.1) is 5.92 Å². The predicted molar refractivity (Wildman–Crippen MR) is 60.4 cm³/mol. The highest BCUT2D eigenvalue weighted by Gasteiger charge is 2.17. The van der Waals surface area contributed by atoms with Crippen molar-refractivity contribution in [3.8, 4) is 11.5 Å². The Bertz CT molecular complexity index is 383. The molecule has 1 aromatic carbocycles. The molecule has 0 aliphatic heterocycles. The van der Waals surface area contributed by atoms with Gasteiger partial charge >= 0.3 is 5.97 Å². The molecule has 1 unspecified atom stereocenters. The van der Waals surface area contributed by atoms with Gasteiger partial charge in [0.2, 0.25) is 0 Å². The monoisotopic (exact) mass is 244 g/mol. The second-order valence-corrected chi connectivity index (χ2v) is 3.47. The average Bonchev–Trinajstić information content (AvgIpc) is 2.22. The predicted octanol–water partition coefficient (Wildman–Crippen LogP) is -1.02. The third-order valence-corrected chi connectivity index (χ3v) is 2.24. The zero-order chi connectivity index (χ0) is 12.1. The van der Waals surface area contributed by atoms with Gasteiger partial charge in [-0.2, -0.15) is 0 Å². The van der Waals surface area contributed by atoms with Crippen LogP contribution < -0.4 is 11.3 Å². The molecule has 0 bridgehead atoms. The Kier molecular flexibility index (Phi) is 5.97. The largest absolute Gasteiger partial charge is 0.504 e. The van der Waals surface area contributed by atoms with Crippen molar-refractivity contribution in [2.45, 2.75) is 6.42 Å². The van der Waals surface area contributed by atoms with Crippen LogP contribution >= 0.6 is 0 Å². The van der Waals surface area contributed by atoms with Crippen molar-refractivity contribution in [3.05, 3.63) is 23.8 Å². The summed E-state index contributed by atoms with van der Waals surface area (Å²) >= 11 is 0. The fourth-order valence-corrected chi connectivity index (χ4v) is 1.37. The maximum absolute atomic E-state index is 10.8. The van der Waals surface area contributed by atoms with Gasteiger partial charge in [0, 0.05) is 6.54 Å². The molecule has 0 heterocycles. The summed E-state index contributed by atoms with van der Waals surface area (Å²) in [6, 6.07) is 4.21. The van der Waals surface area contributed by atoms with E-state index in [0.29, 0.717) is 5.56 Å². The fourth-order valence-electron chi connectivity index (χ4n) is 1.37. The first kappa shape index (κ1) is 15.2. The number of phenols is 2. The minimum absolute atomic E-state index is 0. The highest BCUT2D eigenvalue weighted by atomic mass is 16.4. The molecule has 96 valence electrons. The molecule has 17 heavy (non-hydrogen) atoms. The van der Waals surface area contributed by atoms with Crippen LogP contribution in [0.2, 0.25) is 0 Å². The Labute approximate surface area is 97.8 Å². The van der Waals surface area contributed by atoms with Crippen molar-refractivity contribution in [3.63, 3.8) is 0 Å². The van der Waals surface area contributed by atoms with Crippen LogP contribution in [0.3, 0.4) is 0 Å². The number of benzene rings is 1. The number of phenolic OH excluding ortho intramolecular Hbond substituents is 2. The number of carbonyl (C=O) groups is 1. The van der Waals surface area contributed by atoms with E-state index in [1.807, 2.05) is 0 Å². The third kappa shape index (κ3) is 4.27. The van der Waals surface area contributed by atoms with E-state index in [-0.39, 0.29) is 29.9 Å². The molecule has 0 aromatic heterocycles. The highest BCUT2D eigenvalue weighted by Crippen LogP contribution is 2.25. The Morgan fingerprint density at radius 1 is 1.35 bits per heavy atom. The van der Waals surface area contributed by atoms with Gasteiger partial charge in [-0.15, -0.1) is 0 Å². The molecule has 0 amide bonds. The van der Waals surface area contributed by atoms with Crippen LogP contribution in [0.4, 0.5) is 0 Å². The summed E-state index contributed by atoms with van der Waals surface area (Å²) in [4.78, 5) is 10.8. The van der Waals surface area contributed by atoms with Crippen LogP contribution in [-0.2, 0) is 11.2 Å². The molecule has 7 heteroatoms. The van der Waals surface area contributed by atoms with E-state index in [2.05, 4.69) is 5.43 Å². The first-order valence-corrected chi connectivity index (χ1v) is 4.71. The van der Waals surface area contributed by atoms with Gasteiger partial charge in [-0.05, 0) is 24.1 Å². The standard InChI is InChI=1S/C10H14N2O4.H2O/c11-12-5-7(10(15)16)3-6-1-2-8(13)9(14)4-6;/h1-2,4,7,12-14H,3,5,11H2,(H,15,16);1H2. The van der Waals surface area contributed by atoms with E-state index in [9.17, 15) is 9.90 Å². The Morgan fingerprint density at radius 3 is 2.47 bits per heavy atom. The smallest absolute Gasteiger partial charge is 0.308 e. The minimum Gasteiger partial charge on any atom is -0.504 e. The number of hydrogen-bond donors (Lipinski definition) is 5. The summed E-state index contributed by atoms with van der Waals surface area (Å²) in [6.07, 6.45) is 0.230. The molecule has 1 atom stereocenters. The SMILES string of the molecule is NNCC(Cc1ccc(O)c(O)c1)C(=O)O.O. The second kappa shape index (κ2) is 6.69. The molecular weight excluding hydrogens is 228 g/mol. The van der Waals surface area contributed by atoms with Gasteiger partial charge in [0.1, 0.15) is 0 Å². The normalized spacial score (nSPS) is 11.6. The molecular formula is C10H16N2O5. The second-order valence-electron chi connectivity index (χ2n) is 3.47. The molecule has 0 aliphatic carbocycles. The number of hydrogen-bond acceptors (Lipinski definition) is 5. The number of carboxylic acid groups (broad SMARTS) is 1. The number of nitrogens with one attached hydrogen (secondary N) is 1. The Morgan fingerprint density at radius 2 is 2.00 bits per heavy atom. The van der Waals surface area contributed by atoms with E-state index in [0.717, 1.165) is 0 Å². The third-order valence-electron chi connectivity index (χ3n) is 2.24. The summed E-state index contributed by atoms with van der Waals surface area (Å²) in [5, 5.41) is 27.2. The topological polar surface area (TPSA) is 147 Å². The van der Waals surface area contributed by atoms with Crippen molar-refractivity contribution in [2.24, 2.45) is 11.8 Å². The molecule has 8 N–H and O–H groups in total. The maximum atomic E-state index is 10.8. The number of nitrogens with two attached hydrogens (primary N) is 1. The Hall–Kier alpha value is -1.83. The van der Waals surface area contributed by atoms with E-state index >= 15 is 0 Å². The van der Waals surface area contributed by atoms with E-state index in [1.54, 1.807) is 6.07 Å². The van der Waals surface area contributed by atoms with Gasteiger partial charge in [-0.1, -0.05) is 6.07 Å². The molecule has 0 spiro atoms. The number of rotatable bonds is 5. The summed E-state index contributed by atoms with van der Waals surface area (Å²) in [5.74, 6) is 2.94. The molecule has 0 radical (unpaired) electrons. The molecule has 0 fully saturated rings. The van der Waals surface area contributed by atoms with E-state index in [4.69, 9.17) is 16.1 Å². The van der Waals surface area contributed by atoms with Crippen molar-refractivity contribution < 1.29 is 25.6 Å². The van der Waals surface area contributed by atoms with Crippen LogP contribution in [0.5, 0.6) is 11.5 Å². The van der Waals surface area contributed by atoms with Gasteiger partial charge in [0.25, 0.3) is 0 Å². The average molecular weight is 244 g/mol.